The normalized spacial score (nSPS) is 21.2. The monoisotopic (exact) mass is 206 g/mol. The zero-order valence-corrected chi connectivity index (χ0v) is 8.48. The first kappa shape index (κ1) is 10.1. The van der Waals surface area contributed by atoms with E-state index in [2.05, 4.69) is 5.32 Å². The van der Waals surface area contributed by atoms with Gasteiger partial charge in [0, 0.05) is 18.7 Å². The van der Waals surface area contributed by atoms with Crippen molar-refractivity contribution in [3.05, 3.63) is 39.9 Å². The van der Waals surface area contributed by atoms with Crippen molar-refractivity contribution in [1.82, 2.24) is 5.32 Å². The van der Waals surface area contributed by atoms with Crippen LogP contribution >= 0.6 is 0 Å². The van der Waals surface area contributed by atoms with E-state index in [0.29, 0.717) is 5.92 Å². The zero-order valence-electron chi connectivity index (χ0n) is 8.48. The second-order valence-corrected chi connectivity index (χ2v) is 3.90. The minimum absolute atomic E-state index is 0.193. The molecule has 4 heteroatoms. The van der Waals surface area contributed by atoms with Gasteiger partial charge in [-0.3, -0.25) is 10.1 Å². The number of benzene rings is 1. The molecule has 15 heavy (non-hydrogen) atoms. The van der Waals surface area contributed by atoms with E-state index >= 15 is 0 Å². The predicted octanol–water partition coefficient (Wildman–Crippen LogP) is 2.06. The highest BCUT2D eigenvalue weighted by Gasteiger charge is 2.17. The van der Waals surface area contributed by atoms with Gasteiger partial charge in [0.2, 0.25) is 0 Å². The number of nitro benzene ring substituents is 1. The van der Waals surface area contributed by atoms with Gasteiger partial charge < -0.3 is 5.32 Å². The lowest BCUT2D eigenvalue weighted by atomic mass is 9.91. The van der Waals surface area contributed by atoms with Crippen molar-refractivity contribution in [2.45, 2.75) is 18.8 Å². The summed E-state index contributed by atoms with van der Waals surface area (Å²) in [5.41, 5.74) is 1.27. The van der Waals surface area contributed by atoms with Gasteiger partial charge in [-0.25, -0.2) is 0 Å². The van der Waals surface area contributed by atoms with Gasteiger partial charge in [0.05, 0.1) is 4.92 Å². The van der Waals surface area contributed by atoms with Crippen molar-refractivity contribution in [2.24, 2.45) is 0 Å². The third-order valence-electron chi connectivity index (χ3n) is 2.85. The summed E-state index contributed by atoms with van der Waals surface area (Å²) in [6.07, 6.45) is 2.27. The van der Waals surface area contributed by atoms with Crippen LogP contribution in [0.1, 0.15) is 24.3 Å². The number of nitrogens with one attached hydrogen (secondary N) is 1. The smallest absolute Gasteiger partial charge is 0.269 e. The Kier molecular flexibility index (Phi) is 2.97. The minimum atomic E-state index is -0.334. The summed E-state index contributed by atoms with van der Waals surface area (Å²) in [5.74, 6) is 0.429. The Morgan fingerprint density at radius 2 is 2.33 bits per heavy atom. The molecule has 4 nitrogen and oxygen atoms in total. The molecule has 0 aromatic heterocycles. The summed E-state index contributed by atoms with van der Waals surface area (Å²) < 4.78 is 0. The third kappa shape index (κ3) is 2.33. The molecule has 0 bridgehead atoms. The molecule has 1 aliphatic heterocycles. The summed E-state index contributed by atoms with van der Waals surface area (Å²) in [7, 11) is 0. The van der Waals surface area contributed by atoms with Crippen LogP contribution in [0.4, 0.5) is 5.69 Å². The van der Waals surface area contributed by atoms with Crippen LogP contribution in [0.2, 0.25) is 0 Å². The highest BCUT2D eigenvalue weighted by Crippen LogP contribution is 2.25. The molecule has 1 fully saturated rings. The predicted molar refractivity (Wildman–Crippen MR) is 57.9 cm³/mol. The fourth-order valence-electron chi connectivity index (χ4n) is 2.03. The molecule has 0 saturated carbocycles. The van der Waals surface area contributed by atoms with Gasteiger partial charge in [0.25, 0.3) is 5.69 Å². The summed E-state index contributed by atoms with van der Waals surface area (Å²) in [5, 5.41) is 13.9. The molecule has 0 amide bonds. The maximum absolute atomic E-state index is 10.6. The maximum atomic E-state index is 10.6. The lowest BCUT2D eigenvalue weighted by molar-refractivity contribution is -0.384. The molecule has 1 atom stereocenters. The number of piperidine rings is 1. The summed E-state index contributed by atoms with van der Waals surface area (Å²) in [4.78, 5) is 10.3. The van der Waals surface area contributed by atoms with Crippen molar-refractivity contribution in [2.75, 3.05) is 13.1 Å². The van der Waals surface area contributed by atoms with E-state index in [9.17, 15) is 10.1 Å². The van der Waals surface area contributed by atoms with E-state index in [0.717, 1.165) is 31.5 Å². The van der Waals surface area contributed by atoms with Gasteiger partial charge in [-0.1, -0.05) is 12.1 Å². The second kappa shape index (κ2) is 4.40. The number of non-ortho nitro benzene ring substituents is 1. The molecule has 80 valence electrons. The number of hydrogen-bond acceptors (Lipinski definition) is 3. The minimum Gasteiger partial charge on any atom is -0.316 e. The first-order valence-electron chi connectivity index (χ1n) is 5.22. The Labute approximate surface area is 88.5 Å². The van der Waals surface area contributed by atoms with Crippen LogP contribution in [0, 0.1) is 10.1 Å². The van der Waals surface area contributed by atoms with Gasteiger partial charge in [-0.05, 0) is 30.9 Å². The van der Waals surface area contributed by atoms with Gasteiger partial charge in [-0.2, -0.15) is 0 Å². The highest BCUT2D eigenvalue weighted by molar-refractivity contribution is 5.36. The molecule has 1 aromatic rings. The van der Waals surface area contributed by atoms with E-state index in [1.807, 2.05) is 6.07 Å². The molecule has 0 unspecified atom stereocenters. The first-order valence-corrected chi connectivity index (χ1v) is 5.22. The lowest BCUT2D eigenvalue weighted by Crippen LogP contribution is -2.28. The third-order valence-corrected chi connectivity index (χ3v) is 2.85. The van der Waals surface area contributed by atoms with Crippen LogP contribution in [0.5, 0.6) is 0 Å². The average Bonchev–Trinajstić information content (AvgIpc) is 2.30. The molecular formula is C11H14N2O2. The van der Waals surface area contributed by atoms with Crippen LogP contribution in [0.15, 0.2) is 24.3 Å². The molecule has 0 radical (unpaired) electrons. The fourth-order valence-corrected chi connectivity index (χ4v) is 2.03. The van der Waals surface area contributed by atoms with Crippen molar-refractivity contribution >= 4 is 5.69 Å². The average molecular weight is 206 g/mol. The second-order valence-electron chi connectivity index (χ2n) is 3.90. The Morgan fingerprint density at radius 3 is 3.00 bits per heavy atom. The van der Waals surface area contributed by atoms with E-state index in [1.165, 1.54) is 0 Å². The number of nitro groups is 1. The zero-order chi connectivity index (χ0) is 10.7. The Balaban J connectivity index is 2.19. The van der Waals surface area contributed by atoms with E-state index in [-0.39, 0.29) is 10.6 Å². The first-order chi connectivity index (χ1) is 7.27. The lowest BCUT2D eigenvalue weighted by Gasteiger charge is -2.22. The molecule has 0 spiro atoms. The Hall–Kier alpha value is -1.42. The summed E-state index contributed by atoms with van der Waals surface area (Å²) in [6.45, 7) is 1.99. The number of nitrogens with zero attached hydrogens (tertiary/aromatic N) is 1. The van der Waals surface area contributed by atoms with Crippen molar-refractivity contribution in [3.63, 3.8) is 0 Å². The fraction of sp³-hybridized carbons (Fsp3) is 0.455. The van der Waals surface area contributed by atoms with Crippen LogP contribution in [-0.2, 0) is 0 Å². The van der Waals surface area contributed by atoms with E-state index in [1.54, 1.807) is 18.2 Å². The van der Waals surface area contributed by atoms with E-state index in [4.69, 9.17) is 0 Å². The summed E-state index contributed by atoms with van der Waals surface area (Å²) in [6, 6.07) is 6.98. The molecule has 1 aliphatic rings. The van der Waals surface area contributed by atoms with Crippen molar-refractivity contribution in [1.29, 1.82) is 0 Å². The van der Waals surface area contributed by atoms with Crippen LogP contribution < -0.4 is 5.32 Å². The molecule has 1 aromatic carbocycles. The number of rotatable bonds is 2. The molecule has 1 N–H and O–H groups in total. The largest absolute Gasteiger partial charge is 0.316 e. The Morgan fingerprint density at radius 1 is 1.47 bits per heavy atom. The highest BCUT2D eigenvalue weighted by atomic mass is 16.6. The van der Waals surface area contributed by atoms with Crippen molar-refractivity contribution < 1.29 is 4.92 Å². The Bertz CT molecular complexity index is 359. The topological polar surface area (TPSA) is 55.2 Å². The maximum Gasteiger partial charge on any atom is 0.269 e. The number of hydrogen-bond donors (Lipinski definition) is 1. The SMILES string of the molecule is O=[N+]([O-])c1cccc([C@@H]2CCCNC2)c1. The molecule has 0 aliphatic carbocycles. The quantitative estimate of drug-likeness (QED) is 0.595. The molecule has 1 heterocycles. The van der Waals surface area contributed by atoms with Gasteiger partial charge in [0.1, 0.15) is 0 Å². The van der Waals surface area contributed by atoms with Gasteiger partial charge >= 0.3 is 0 Å². The molecule has 1 saturated heterocycles. The van der Waals surface area contributed by atoms with Crippen LogP contribution in [-0.4, -0.2) is 18.0 Å². The standard InChI is InChI=1S/C11H14N2O2/c14-13(15)11-5-1-3-9(7-11)10-4-2-6-12-8-10/h1,3,5,7,10,12H,2,4,6,8H2/t10-/m1/s1. The van der Waals surface area contributed by atoms with E-state index < -0.39 is 0 Å². The van der Waals surface area contributed by atoms with Crippen LogP contribution in [0.3, 0.4) is 0 Å². The van der Waals surface area contributed by atoms with Gasteiger partial charge in [0.15, 0.2) is 0 Å². The van der Waals surface area contributed by atoms with Crippen LogP contribution in [0.25, 0.3) is 0 Å². The molecule has 2 rings (SSSR count). The van der Waals surface area contributed by atoms with Crippen molar-refractivity contribution in [3.8, 4) is 0 Å². The van der Waals surface area contributed by atoms with Gasteiger partial charge in [-0.15, -0.1) is 0 Å². The summed E-state index contributed by atoms with van der Waals surface area (Å²) >= 11 is 0. The molecular weight excluding hydrogens is 192 g/mol.